The average Bonchev–Trinajstić information content (AvgIpc) is 2.72. The van der Waals surface area contributed by atoms with Crippen LogP contribution in [0, 0.1) is 0 Å². The lowest BCUT2D eigenvalue weighted by atomic mass is 9.99. The molecule has 1 fully saturated rings. The lowest BCUT2D eigenvalue weighted by Crippen LogP contribution is -2.39. The van der Waals surface area contributed by atoms with E-state index in [1.54, 1.807) is 4.90 Å². The highest BCUT2D eigenvalue weighted by Gasteiger charge is 2.26. The van der Waals surface area contributed by atoms with Gasteiger partial charge in [0, 0.05) is 22.8 Å². The van der Waals surface area contributed by atoms with Gasteiger partial charge < -0.3 is 19.7 Å². The maximum Gasteiger partial charge on any atom is 0.255 e. The summed E-state index contributed by atoms with van der Waals surface area (Å²) in [6.45, 7) is 1.69. The fraction of sp³-hybridized carbons (Fsp3) is 0.333. The molecule has 7 heteroatoms. The highest BCUT2D eigenvalue weighted by molar-refractivity contribution is 6.30. The Labute approximate surface area is 168 Å². The van der Waals surface area contributed by atoms with Crippen molar-refractivity contribution in [3.8, 4) is 0 Å². The molecular weight excluding hydrogens is 380 g/mol. The number of carbonyl (C=O) groups excluding carboxylic acids is 2. The molecule has 0 radical (unpaired) electrons. The number of carbonyl (C=O) groups is 2. The van der Waals surface area contributed by atoms with E-state index in [0.717, 1.165) is 16.8 Å². The Morgan fingerprint density at radius 2 is 1.96 bits per heavy atom. The summed E-state index contributed by atoms with van der Waals surface area (Å²) < 4.78 is 10.7. The van der Waals surface area contributed by atoms with E-state index in [1.807, 2.05) is 42.5 Å². The van der Waals surface area contributed by atoms with Crippen LogP contribution in [0.15, 0.2) is 42.5 Å². The number of nitrogens with one attached hydrogen (secondary N) is 1. The van der Waals surface area contributed by atoms with Crippen molar-refractivity contribution in [3.05, 3.63) is 58.6 Å². The number of fused-ring (bicyclic) bond motifs is 1. The Kier molecular flexibility index (Phi) is 5.62. The molecule has 0 aromatic heterocycles. The molecule has 2 amide bonds. The third-order valence-corrected chi connectivity index (χ3v) is 5.16. The first-order valence-electron chi connectivity index (χ1n) is 9.28. The van der Waals surface area contributed by atoms with E-state index in [9.17, 15) is 9.59 Å². The first kappa shape index (κ1) is 18.9. The lowest BCUT2D eigenvalue weighted by molar-refractivity contribution is -0.142. The minimum atomic E-state index is -0.590. The zero-order valence-electron chi connectivity index (χ0n) is 15.3. The van der Waals surface area contributed by atoms with Crippen LogP contribution in [0.3, 0.4) is 0 Å². The van der Waals surface area contributed by atoms with E-state index < -0.39 is 6.10 Å². The summed E-state index contributed by atoms with van der Waals surface area (Å²) in [5.74, 6) is -0.128. The van der Waals surface area contributed by atoms with E-state index in [-0.39, 0.29) is 18.4 Å². The molecule has 1 saturated heterocycles. The summed E-state index contributed by atoms with van der Waals surface area (Å²) in [5, 5.41) is 3.55. The van der Waals surface area contributed by atoms with Crippen LogP contribution in [0.4, 0.5) is 11.4 Å². The third kappa shape index (κ3) is 4.19. The topological polar surface area (TPSA) is 67.9 Å². The van der Waals surface area contributed by atoms with Gasteiger partial charge in [0.1, 0.15) is 0 Å². The molecule has 146 valence electrons. The zero-order chi connectivity index (χ0) is 19.5. The summed E-state index contributed by atoms with van der Waals surface area (Å²) in [7, 11) is 0. The normalized spacial score (nSPS) is 19.2. The fourth-order valence-electron chi connectivity index (χ4n) is 3.45. The van der Waals surface area contributed by atoms with Crippen molar-refractivity contribution in [2.45, 2.75) is 25.5 Å². The molecule has 2 aromatic rings. The molecule has 28 heavy (non-hydrogen) atoms. The second kappa shape index (κ2) is 8.31. The van der Waals surface area contributed by atoms with Gasteiger partial charge in [0.25, 0.3) is 5.91 Å². The van der Waals surface area contributed by atoms with Crippen LogP contribution < -0.4 is 10.2 Å². The number of ether oxygens (including phenoxy) is 2. The van der Waals surface area contributed by atoms with Crippen LogP contribution in [0.1, 0.15) is 17.5 Å². The molecule has 0 saturated carbocycles. The molecule has 0 aliphatic carbocycles. The Hall–Kier alpha value is -2.41. The smallest absolute Gasteiger partial charge is 0.255 e. The average molecular weight is 401 g/mol. The van der Waals surface area contributed by atoms with Crippen LogP contribution in [-0.2, 0) is 32.0 Å². The summed E-state index contributed by atoms with van der Waals surface area (Å²) in [6.07, 6.45) is 0.503. The number of aryl methyl sites for hydroxylation is 1. The third-order valence-electron chi connectivity index (χ3n) is 4.91. The van der Waals surface area contributed by atoms with Gasteiger partial charge in [0.15, 0.2) is 6.10 Å². The number of rotatable bonds is 4. The molecule has 6 nitrogen and oxygen atoms in total. The number of amides is 2. The lowest BCUT2D eigenvalue weighted by Gasteiger charge is -2.30. The Morgan fingerprint density at radius 3 is 2.71 bits per heavy atom. The quantitative estimate of drug-likeness (QED) is 0.855. The number of hydrogen-bond acceptors (Lipinski definition) is 4. The fourth-order valence-corrected chi connectivity index (χ4v) is 3.57. The second-order valence-corrected chi connectivity index (χ2v) is 7.31. The van der Waals surface area contributed by atoms with E-state index in [2.05, 4.69) is 5.32 Å². The van der Waals surface area contributed by atoms with Gasteiger partial charge in [-0.25, -0.2) is 0 Å². The first-order valence-corrected chi connectivity index (χ1v) is 9.66. The monoisotopic (exact) mass is 400 g/mol. The summed E-state index contributed by atoms with van der Waals surface area (Å²) >= 11 is 5.95. The maximum atomic E-state index is 12.5. The number of halogens is 1. The van der Waals surface area contributed by atoms with Crippen molar-refractivity contribution in [1.29, 1.82) is 0 Å². The molecule has 1 N–H and O–H groups in total. The predicted molar refractivity (Wildman–Crippen MR) is 107 cm³/mol. The van der Waals surface area contributed by atoms with Crippen LogP contribution in [0.25, 0.3) is 0 Å². The van der Waals surface area contributed by atoms with Gasteiger partial charge in [-0.3, -0.25) is 9.59 Å². The number of nitrogens with zero attached hydrogens (tertiary/aromatic N) is 1. The van der Waals surface area contributed by atoms with Crippen LogP contribution in [0.5, 0.6) is 0 Å². The van der Waals surface area contributed by atoms with Crippen molar-refractivity contribution in [2.75, 3.05) is 30.0 Å². The summed E-state index contributed by atoms with van der Waals surface area (Å²) in [4.78, 5) is 26.6. The standard InChI is InChI=1S/C21H21ClN2O4/c22-16-4-1-14(2-5-16)12-24-18-7-6-17(11-15(18)3-8-20(24)25)23-21(26)19-13-27-9-10-28-19/h1-2,4-7,11,19H,3,8-10,12-13H2,(H,23,26)/t19-/m1/s1. The summed E-state index contributed by atoms with van der Waals surface area (Å²) in [6, 6.07) is 13.1. The van der Waals surface area contributed by atoms with Crippen LogP contribution >= 0.6 is 11.6 Å². The Balaban J connectivity index is 1.50. The molecule has 4 rings (SSSR count). The molecule has 2 aliphatic rings. The predicted octanol–water partition coefficient (Wildman–Crippen LogP) is 3.17. The van der Waals surface area contributed by atoms with Crippen molar-refractivity contribution in [2.24, 2.45) is 0 Å². The molecule has 0 bridgehead atoms. The Morgan fingerprint density at radius 1 is 1.14 bits per heavy atom. The molecule has 2 aromatic carbocycles. The van der Waals surface area contributed by atoms with E-state index in [1.165, 1.54) is 0 Å². The molecular formula is C21H21ClN2O4. The number of hydrogen-bond donors (Lipinski definition) is 1. The van der Waals surface area contributed by atoms with Gasteiger partial charge in [-0.2, -0.15) is 0 Å². The number of anilines is 2. The largest absolute Gasteiger partial charge is 0.376 e. The maximum absolute atomic E-state index is 12.5. The van der Waals surface area contributed by atoms with E-state index in [4.69, 9.17) is 21.1 Å². The Bertz CT molecular complexity index is 878. The summed E-state index contributed by atoms with van der Waals surface area (Å²) in [5.41, 5.74) is 3.62. The van der Waals surface area contributed by atoms with Crippen molar-refractivity contribution < 1.29 is 19.1 Å². The van der Waals surface area contributed by atoms with E-state index >= 15 is 0 Å². The van der Waals surface area contributed by atoms with E-state index in [0.29, 0.717) is 43.3 Å². The molecule has 2 heterocycles. The van der Waals surface area contributed by atoms with Crippen molar-refractivity contribution in [3.63, 3.8) is 0 Å². The molecule has 0 spiro atoms. The van der Waals surface area contributed by atoms with Gasteiger partial charge in [0.05, 0.1) is 26.4 Å². The number of benzene rings is 2. The van der Waals surface area contributed by atoms with Gasteiger partial charge in [0.2, 0.25) is 5.91 Å². The van der Waals surface area contributed by atoms with Gasteiger partial charge in [-0.05, 0) is 47.9 Å². The first-order chi connectivity index (χ1) is 13.6. The van der Waals surface area contributed by atoms with Crippen LogP contribution in [0.2, 0.25) is 5.02 Å². The minimum absolute atomic E-state index is 0.0898. The minimum Gasteiger partial charge on any atom is -0.376 e. The zero-order valence-corrected chi connectivity index (χ0v) is 16.1. The highest BCUT2D eigenvalue weighted by Crippen LogP contribution is 2.31. The van der Waals surface area contributed by atoms with Gasteiger partial charge >= 0.3 is 0 Å². The second-order valence-electron chi connectivity index (χ2n) is 6.87. The molecule has 0 unspecified atom stereocenters. The van der Waals surface area contributed by atoms with Crippen molar-refractivity contribution in [1.82, 2.24) is 0 Å². The van der Waals surface area contributed by atoms with Crippen LogP contribution in [-0.4, -0.2) is 37.7 Å². The van der Waals surface area contributed by atoms with Gasteiger partial charge in [-0.1, -0.05) is 23.7 Å². The highest BCUT2D eigenvalue weighted by atomic mass is 35.5. The van der Waals surface area contributed by atoms with Crippen molar-refractivity contribution >= 4 is 34.8 Å². The van der Waals surface area contributed by atoms with Gasteiger partial charge in [-0.15, -0.1) is 0 Å². The molecule has 2 aliphatic heterocycles. The SMILES string of the molecule is O=C(Nc1ccc2c(c1)CCC(=O)N2Cc1ccc(Cl)cc1)[C@H]1COCCO1. The molecule has 1 atom stereocenters.